The Balaban J connectivity index is 1.91. The van der Waals surface area contributed by atoms with E-state index in [1.165, 1.54) is 12.5 Å². The van der Waals surface area contributed by atoms with Crippen molar-refractivity contribution in [2.75, 3.05) is 25.5 Å². The van der Waals surface area contributed by atoms with Gasteiger partial charge < -0.3 is 14.3 Å². The Morgan fingerprint density at radius 1 is 1.33 bits per heavy atom. The monoisotopic (exact) mass is 332 g/mol. The number of likely N-dealkylation sites (tertiary alicyclic amines) is 1. The molecule has 0 bridgehead atoms. The van der Waals surface area contributed by atoms with Crippen LogP contribution in [0.25, 0.3) is 0 Å². The van der Waals surface area contributed by atoms with E-state index in [4.69, 9.17) is 4.52 Å². The van der Waals surface area contributed by atoms with Crippen molar-refractivity contribution in [2.24, 2.45) is 0 Å². The fourth-order valence-electron chi connectivity index (χ4n) is 3.06. The van der Waals surface area contributed by atoms with Gasteiger partial charge in [-0.3, -0.25) is 4.79 Å². The predicted molar refractivity (Wildman–Crippen MR) is 87.3 cm³/mol. The summed E-state index contributed by atoms with van der Waals surface area (Å²) in [5.41, 5.74) is 0.797. The van der Waals surface area contributed by atoms with Gasteiger partial charge in [0.25, 0.3) is 5.91 Å². The first kappa shape index (κ1) is 16.4. The largest absolute Gasteiger partial charge is 0.378 e. The van der Waals surface area contributed by atoms with Gasteiger partial charge in [0.2, 0.25) is 6.39 Å². The molecule has 2 heterocycles. The molecule has 1 aliphatic rings. The van der Waals surface area contributed by atoms with Crippen LogP contribution in [0.1, 0.15) is 47.9 Å². The van der Waals surface area contributed by atoms with Crippen LogP contribution < -0.4 is 4.90 Å². The van der Waals surface area contributed by atoms with Crippen molar-refractivity contribution in [2.45, 2.75) is 31.7 Å². The number of carbonyl (C=O) groups excluding carboxylic acids is 1. The molecule has 1 aliphatic heterocycles. The number of benzene rings is 1. The maximum absolute atomic E-state index is 14.5. The van der Waals surface area contributed by atoms with Gasteiger partial charge in [0.15, 0.2) is 5.82 Å². The maximum atomic E-state index is 14.5. The first-order valence-corrected chi connectivity index (χ1v) is 8.12. The summed E-state index contributed by atoms with van der Waals surface area (Å²) >= 11 is 0. The van der Waals surface area contributed by atoms with Crippen molar-refractivity contribution in [3.8, 4) is 0 Å². The summed E-state index contributed by atoms with van der Waals surface area (Å²) in [4.78, 5) is 20.5. The van der Waals surface area contributed by atoms with Gasteiger partial charge in [0, 0.05) is 26.3 Å². The maximum Gasteiger partial charge on any atom is 0.257 e. The molecule has 7 heteroatoms. The Morgan fingerprint density at radius 2 is 2.17 bits per heavy atom. The van der Waals surface area contributed by atoms with E-state index in [1.807, 2.05) is 14.1 Å². The molecule has 128 valence electrons. The fourth-order valence-corrected chi connectivity index (χ4v) is 3.06. The molecule has 1 aromatic carbocycles. The van der Waals surface area contributed by atoms with Crippen LogP contribution in [0.4, 0.5) is 10.1 Å². The Hall–Kier alpha value is -2.44. The fraction of sp³-hybridized carbons (Fsp3) is 0.471. The molecule has 6 nitrogen and oxygen atoms in total. The van der Waals surface area contributed by atoms with Gasteiger partial charge in [-0.05, 0) is 31.0 Å². The second kappa shape index (κ2) is 6.98. The van der Waals surface area contributed by atoms with Gasteiger partial charge in [0.1, 0.15) is 5.82 Å². The van der Waals surface area contributed by atoms with E-state index < -0.39 is 5.82 Å². The molecule has 0 unspecified atom stereocenters. The molecule has 0 spiro atoms. The number of anilines is 1. The summed E-state index contributed by atoms with van der Waals surface area (Å²) in [6.07, 6.45) is 4.90. The second-order valence-corrected chi connectivity index (χ2v) is 6.21. The minimum Gasteiger partial charge on any atom is -0.378 e. The third-order valence-electron chi connectivity index (χ3n) is 4.39. The van der Waals surface area contributed by atoms with Crippen molar-refractivity contribution < 1.29 is 13.7 Å². The lowest BCUT2D eigenvalue weighted by molar-refractivity contribution is 0.0665. The number of amides is 1. The van der Waals surface area contributed by atoms with Crippen LogP contribution in [-0.4, -0.2) is 41.6 Å². The van der Waals surface area contributed by atoms with Crippen LogP contribution in [-0.2, 0) is 0 Å². The summed E-state index contributed by atoms with van der Waals surface area (Å²) < 4.78 is 19.3. The second-order valence-electron chi connectivity index (χ2n) is 6.21. The highest BCUT2D eigenvalue weighted by atomic mass is 19.1. The van der Waals surface area contributed by atoms with E-state index in [0.29, 0.717) is 12.4 Å². The third kappa shape index (κ3) is 3.25. The normalized spacial score (nSPS) is 18.3. The third-order valence-corrected chi connectivity index (χ3v) is 4.39. The van der Waals surface area contributed by atoms with Gasteiger partial charge in [0.05, 0.1) is 11.6 Å². The van der Waals surface area contributed by atoms with E-state index in [2.05, 4.69) is 10.1 Å². The average Bonchev–Trinajstić information content (AvgIpc) is 2.98. The number of carbonyl (C=O) groups is 1. The molecule has 1 aromatic heterocycles. The lowest BCUT2D eigenvalue weighted by atomic mass is 10.1. The Morgan fingerprint density at radius 3 is 2.83 bits per heavy atom. The van der Waals surface area contributed by atoms with Crippen LogP contribution in [0.3, 0.4) is 0 Å². The van der Waals surface area contributed by atoms with Gasteiger partial charge in [-0.2, -0.15) is 4.98 Å². The molecule has 1 fully saturated rings. The zero-order chi connectivity index (χ0) is 17.1. The molecular formula is C17H21FN4O2. The standard InChI is InChI=1S/C17H21FN4O2/c1-21(2)12-7-8-13(14(18)10-12)17(23)22-9-5-3-4-6-15(22)16-19-11-24-20-16/h7-8,10-11,15H,3-6,9H2,1-2H3/t15-/m1/s1. The lowest BCUT2D eigenvalue weighted by Gasteiger charge is -2.28. The highest BCUT2D eigenvalue weighted by Gasteiger charge is 2.31. The van der Waals surface area contributed by atoms with E-state index in [0.717, 1.165) is 31.4 Å². The van der Waals surface area contributed by atoms with Crippen molar-refractivity contribution >= 4 is 11.6 Å². The highest BCUT2D eigenvalue weighted by Crippen LogP contribution is 2.30. The number of halogens is 1. The van der Waals surface area contributed by atoms with Gasteiger partial charge in [-0.15, -0.1) is 0 Å². The molecule has 0 saturated carbocycles. The zero-order valence-electron chi connectivity index (χ0n) is 13.9. The summed E-state index contributed by atoms with van der Waals surface area (Å²) in [5, 5.41) is 3.89. The minimum atomic E-state index is -0.512. The lowest BCUT2D eigenvalue weighted by Crippen LogP contribution is -2.35. The van der Waals surface area contributed by atoms with Gasteiger partial charge in [-0.1, -0.05) is 18.0 Å². The minimum absolute atomic E-state index is 0.0796. The zero-order valence-corrected chi connectivity index (χ0v) is 13.9. The predicted octanol–water partition coefficient (Wildman–Crippen LogP) is 3.03. The van der Waals surface area contributed by atoms with Crippen molar-refractivity contribution in [3.63, 3.8) is 0 Å². The topological polar surface area (TPSA) is 62.5 Å². The number of hydrogen-bond donors (Lipinski definition) is 0. The van der Waals surface area contributed by atoms with Crippen LogP contribution in [0, 0.1) is 5.82 Å². The molecule has 1 saturated heterocycles. The summed E-state index contributed by atoms with van der Waals surface area (Å²) in [6, 6.07) is 4.41. The molecule has 1 amide bonds. The number of nitrogens with zero attached hydrogens (tertiary/aromatic N) is 4. The summed E-state index contributed by atoms with van der Waals surface area (Å²) in [7, 11) is 3.66. The van der Waals surface area contributed by atoms with Gasteiger partial charge in [-0.25, -0.2) is 4.39 Å². The van der Waals surface area contributed by atoms with E-state index >= 15 is 0 Å². The molecule has 0 N–H and O–H groups in total. The molecule has 24 heavy (non-hydrogen) atoms. The Bertz CT molecular complexity index is 703. The van der Waals surface area contributed by atoms with Crippen LogP contribution in [0.2, 0.25) is 0 Å². The Labute approximate surface area is 140 Å². The molecule has 1 atom stereocenters. The van der Waals surface area contributed by atoms with E-state index in [9.17, 15) is 9.18 Å². The van der Waals surface area contributed by atoms with E-state index in [-0.39, 0.29) is 17.5 Å². The van der Waals surface area contributed by atoms with Crippen molar-refractivity contribution in [1.29, 1.82) is 0 Å². The highest BCUT2D eigenvalue weighted by molar-refractivity contribution is 5.95. The SMILES string of the molecule is CN(C)c1ccc(C(=O)N2CCCCC[C@@H]2c2ncon2)c(F)c1. The average molecular weight is 332 g/mol. The smallest absolute Gasteiger partial charge is 0.257 e. The van der Waals surface area contributed by atoms with Crippen LogP contribution in [0.5, 0.6) is 0 Å². The quantitative estimate of drug-likeness (QED) is 0.864. The number of aromatic nitrogens is 2. The van der Waals surface area contributed by atoms with Crippen molar-refractivity contribution in [3.05, 3.63) is 41.8 Å². The Kier molecular flexibility index (Phi) is 4.78. The first-order chi connectivity index (χ1) is 11.6. The van der Waals surface area contributed by atoms with Crippen LogP contribution in [0.15, 0.2) is 29.1 Å². The number of hydrogen-bond acceptors (Lipinski definition) is 5. The summed E-state index contributed by atoms with van der Waals surface area (Å²) in [5.74, 6) is -0.354. The van der Waals surface area contributed by atoms with Gasteiger partial charge >= 0.3 is 0 Å². The molecule has 2 aromatic rings. The molecule has 0 aliphatic carbocycles. The first-order valence-electron chi connectivity index (χ1n) is 8.12. The number of rotatable bonds is 3. The summed E-state index contributed by atoms with van der Waals surface area (Å²) in [6.45, 7) is 0.562. The van der Waals surface area contributed by atoms with Crippen LogP contribution >= 0.6 is 0 Å². The molecular weight excluding hydrogens is 311 g/mol. The van der Waals surface area contributed by atoms with Crippen molar-refractivity contribution in [1.82, 2.24) is 15.0 Å². The molecule has 3 rings (SSSR count). The van der Waals surface area contributed by atoms with E-state index in [1.54, 1.807) is 21.9 Å². The molecule has 0 radical (unpaired) electrons.